The van der Waals surface area contributed by atoms with Gasteiger partial charge in [0.2, 0.25) is 0 Å². The lowest BCUT2D eigenvalue weighted by atomic mass is 9.99. The molecular formula is C27H24N2O4. The highest BCUT2D eigenvalue weighted by Crippen LogP contribution is 2.28. The molecule has 1 heterocycles. The number of hydrogen-bond acceptors (Lipinski definition) is 4. The lowest BCUT2D eigenvalue weighted by Gasteiger charge is -2.21. The maximum absolute atomic E-state index is 13.1. The van der Waals surface area contributed by atoms with Gasteiger partial charge in [-0.15, -0.1) is 0 Å². The fourth-order valence-corrected chi connectivity index (χ4v) is 3.50. The lowest BCUT2D eigenvalue weighted by molar-refractivity contribution is 0.0696. The van der Waals surface area contributed by atoms with Crippen LogP contribution in [-0.4, -0.2) is 27.6 Å². The van der Waals surface area contributed by atoms with Gasteiger partial charge in [0.15, 0.2) is 0 Å². The number of benzene rings is 3. The smallest absolute Gasteiger partial charge is 0.335 e. The third-order valence-electron chi connectivity index (χ3n) is 4.94. The summed E-state index contributed by atoms with van der Waals surface area (Å²) in [6.07, 6.45) is 0. The number of pyridine rings is 1. The van der Waals surface area contributed by atoms with E-state index in [0.717, 1.165) is 16.9 Å². The van der Waals surface area contributed by atoms with Crippen molar-refractivity contribution in [2.24, 2.45) is 0 Å². The molecule has 0 aliphatic heterocycles. The highest BCUT2D eigenvalue weighted by molar-refractivity contribution is 6.08. The van der Waals surface area contributed by atoms with Gasteiger partial charge in [0.05, 0.1) is 11.1 Å². The van der Waals surface area contributed by atoms with Gasteiger partial charge in [0, 0.05) is 10.9 Å². The Morgan fingerprint density at radius 1 is 0.909 bits per heavy atom. The molecule has 2 N–H and O–H groups in total. The van der Waals surface area contributed by atoms with Crippen LogP contribution in [0.5, 0.6) is 5.75 Å². The Labute approximate surface area is 191 Å². The van der Waals surface area contributed by atoms with Crippen LogP contribution in [0.15, 0.2) is 78.9 Å². The van der Waals surface area contributed by atoms with Crippen LogP contribution < -0.4 is 10.1 Å². The number of fused-ring (bicyclic) bond motifs is 1. The summed E-state index contributed by atoms with van der Waals surface area (Å²) in [5, 5.41) is 12.7. The molecule has 1 amide bonds. The van der Waals surface area contributed by atoms with Gasteiger partial charge in [0.1, 0.15) is 17.2 Å². The van der Waals surface area contributed by atoms with E-state index >= 15 is 0 Å². The Morgan fingerprint density at radius 2 is 1.64 bits per heavy atom. The normalized spacial score (nSPS) is 11.2. The number of nitrogens with zero attached hydrogens (tertiary/aromatic N) is 1. The molecule has 166 valence electrons. The van der Waals surface area contributed by atoms with E-state index in [1.165, 1.54) is 6.07 Å². The molecule has 0 aliphatic carbocycles. The minimum absolute atomic E-state index is 0.189. The summed E-state index contributed by atoms with van der Waals surface area (Å²) < 4.78 is 5.88. The number of carboxylic acid groups (broad SMARTS) is 1. The summed E-state index contributed by atoms with van der Waals surface area (Å²) in [6, 6.07) is 23.1. The van der Waals surface area contributed by atoms with Gasteiger partial charge in [-0.2, -0.15) is 0 Å². The molecule has 6 heteroatoms. The van der Waals surface area contributed by atoms with Crippen LogP contribution in [0.3, 0.4) is 0 Å². The molecule has 1 aromatic heterocycles. The third kappa shape index (κ3) is 5.18. The van der Waals surface area contributed by atoms with Crippen LogP contribution in [0, 0.1) is 0 Å². The van der Waals surface area contributed by atoms with Crippen molar-refractivity contribution >= 4 is 28.6 Å². The summed E-state index contributed by atoms with van der Waals surface area (Å²) in [5.74, 6) is -0.127. The molecule has 6 nitrogen and oxygen atoms in total. The van der Waals surface area contributed by atoms with E-state index in [0.29, 0.717) is 22.3 Å². The van der Waals surface area contributed by atoms with Crippen molar-refractivity contribution in [2.45, 2.75) is 26.4 Å². The standard InChI is InChI=1S/C27H24N2O4/c1-27(2,3)33-20-12-8-17(9-13-20)21-6-4-5-7-22(21)25(30)29-24-15-11-18-16-19(26(31)32)10-14-23(18)28-24/h4-16H,1-3H3,(H,31,32)(H,28,29,30). The second-order valence-electron chi connectivity index (χ2n) is 8.65. The maximum atomic E-state index is 13.1. The number of amides is 1. The summed E-state index contributed by atoms with van der Waals surface area (Å²) in [6.45, 7) is 5.98. The first-order valence-corrected chi connectivity index (χ1v) is 10.5. The van der Waals surface area contributed by atoms with Crippen LogP contribution in [0.4, 0.5) is 5.82 Å². The van der Waals surface area contributed by atoms with Gasteiger partial charge in [-0.1, -0.05) is 30.3 Å². The Balaban J connectivity index is 1.58. The summed E-state index contributed by atoms with van der Waals surface area (Å²) in [7, 11) is 0. The van der Waals surface area contributed by atoms with Crippen molar-refractivity contribution in [2.75, 3.05) is 5.32 Å². The molecule has 33 heavy (non-hydrogen) atoms. The molecular weight excluding hydrogens is 416 g/mol. The number of nitrogens with one attached hydrogen (secondary N) is 1. The zero-order chi connectivity index (χ0) is 23.6. The highest BCUT2D eigenvalue weighted by Gasteiger charge is 2.15. The second kappa shape index (κ2) is 8.74. The van der Waals surface area contributed by atoms with E-state index < -0.39 is 5.97 Å². The number of carbonyl (C=O) groups excluding carboxylic acids is 1. The van der Waals surface area contributed by atoms with Crippen molar-refractivity contribution in [1.29, 1.82) is 0 Å². The third-order valence-corrected chi connectivity index (χ3v) is 4.94. The first kappa shape index (κ1) is 22.0. The van der Waals surface area contributed by atoms with E-state index in [2.05, 4.69) is 10.3 Å². The number of anilines is 1. The molecule has 4 rings (SSSR count). The van der Waals surface area contributed by atoms with Crippen molar-refractivity contribution in [3.63, 3.8) is 0 Å². The number of rotatable bonds is 5. The van der Waals surface area contributed by atoms with Gasteiger partial charge in [-0.3, -0.25) is 4.79 Å². The maximum Gasteiger partial charge on any atom is 0.335 e. The average molecular weight is 440 g/mol. The van der Waals surface area contributed by atoms with Gasteiger partial charge in [0.25, 0.3) is 5.91 Å². The highest BCUT2D eigenvalue weighted by atomic mass is 16.5. The predicted octanol–water partition coefficient (Wildman–Crippen LogP) is 6.03. The number of aromatic carboxylic acids is 1. The molecule has 0 atom stereocenters. The van der Waals surface area contributed by atoms with Crippen molar-refractivity contribution in [3.8, 4) is 16.9 Å². The summed E-state index contributed by atoms with van der Waals surface area (Å²) >= 11 is 0. The largest absolute Gasteiger partial charge is 0.488 e. The quantitative estimate of drug-likeness (QED) is 0.396. The molecule has 0 bridgehead atoms. The molecule has 0 unspecified atom stereocenters. The predicted molar refractivity (Wildman–Crippen MR) is 129 cm³/mol. The molecule has 0 radical (unpaired) electrons. The fraction of sp³-hybridized carbons (Fsp3) is 0.148. The monoisotopic (exact) mass is 440 g/mol. The Kier molecular flexibility index (Phi) is 5.84. The van der Waals surface area contributed by atoms with E-state index in [9.17, 15) is 9.59 Å². The zero-order valence-electron chi connectivity index (χ0n) is 18.6. The molecule has 3 aromatic carbocycles. The topological polar surface area (TPSA) is 88.5 Å². The minimum atomic E-state index is -0.996. The summed E-state index contributed by atoms with van der Waals surface area (Å²) in [5.41, 5.74) is 2.71. The number of carbonyl (C=O) groups is 2. The number of carboxylic acids is 1. The van der Waals surface area contributed by atoms with Crippen LogP contribution in [0.2, 0.25) is 0 Å². The Hall–Kier alpha value is -4.19. The van der Waals surface area contributed by atoms with Crippen molar-refractivity contribution in [3.05, 3.63) is 90.0 Å². The minimum Gasteiger partial charge on any atom is -0.488 e. The van der Waals surface area contributed by atoms with Crippen molar-refractivity contribution < 1.29 is 19.4 Å². The molecule has 0 aliphatic rings. The molecule has 0 saturated heterocycles. The number of hydrogen-bond donors (Lipinski definition) is 2. The Morgan fingerprint density at radius 3 is 2.33 bits per heavy atom. The number of ether oxygens (including phenoxy) is 1. The van der Waals surface area contributed by atoms with Gasteiger partial charge < -0.3 is 15.2 Å². The second-order valence-corrected chi connectivity index (χ2v) is 8.65. The first-order chi connectivity index (χ1) is 15.7. The van der Waals surface area contributed by atoms with Crippen LogP contribution in [0.25, 0.3) is 22.0 Å². The van der Waals surface area contributed by atoms with Gasteiger partial charge >= 0.3 is 5.97 Å². The average Bonchev–Trinajstić information content (AvgIpc) is 2.78. The fourth-order valence-electron chi connectivity index (χ4n) is 3.50. The lowest BCUT2D eigenvalue weighted by Crippen LogP contribution is -2.22. The van der Waals surface area contributed by atoms with Crippen LogP contribution in [-0.2, 0) is 0 Å². The first-order valence-electron chi connectivity index (χ1n) is 10.5. The van der Waals surface area contributed by atoms with E-state index in [4.69, 9.17) is 9.84 Å². The Bertz CT molecular complexity index is 1340. The molecule has 0 fully saturated rings. The van der Waals surface area contributed by atoms with Crippen molar-refractivity contribution in [1.82, 2.24) is 4.98 Å². The van der Waals surface area contributed by atoms with E-state index in [1.54, 1.807) is 30.3 Å². The molecule has 4 aromatic rings. The SMILES string of the molecule is CC(C)(C)Oc1ccc(-c2ccccc2C(=O)Nc2ccc3cc(C(=O)O)ccc3n2)cc1. The summed E-state index contributed by atoms with van der Waals surface area (Å²) in [4.78, 5) is 28.7. The van der Waals surface area contributed by atoms with Crippen LogP contribution in [0.1, 0.15) is 41.5 Å². The van der Waals surface area contributed by atoms with Gasteiger partial charge in [-0.25, -0.2) is 9.78 Å². The van der Waals surface area contributed by atoms with E-state index in [1.807, 2.05) is 63.2 Å². The van der Waals surface area contributed by atoms with Gasteiger partial charge in [-0.05, 0) is 80.4 Å². The molecule has 0 spiro atoms. The van der Waals surface area contributed by atoms with Crippen LogP contribution >= 0.6 is 0 Å². The number of aromatic nitrogens is 1. The van der Waals surface area contributed by atoms with E-state index in [-0.39, 0.29) is 17.1 Å². The molecule has 0 saturated carbocycles. The zero-order valence-corrected chi connectivity index (χ0v) is 18.6.